The molecule has 4 nitrogen and oxygen atoms in total. The molecule has 1 heterocycles. The minimum atomic E-state index is 0.235. The Bertz CT molecular complexity index is 606. The molecule has 2 rings (SSSR count). The average molecular weight is 275 g/mol. The van der Waals surface area contributed by atoms with Gasteiger partial charge in [-0.1, -0.05) is 23.7 Å². The van der Waals surface area contributed by atoms with Crippen molar-refractivity contribution in [3.8, 4) is 17.7 Å². The molecule has 1 aromatic carbocycles. The van der Waals surface area contributed by atoms with Crippen LogP contribution in [0.5, 0.6) is 11.6 Å². The summed E-state index contributed by atoms with van der Waals surface area (Å²) < 4.78 is 10.6. The highest BCUT2D eigenvalue weighted by molar-refractivity contribution is 6.32. The molecule has 0 saturated carbocycles. The summed E-state index contributed by atoms with van der Waals surface area (Å²) in [5.74, 6) is 1.04. The molecule has 0 amide bonds. The van der Waals surface area contributed by atoms with Gasteiger partial charge in [-0.2, -0.15) is 5.26 Å². The lowest BCUT2D eigenvalue weighted by atomic mass is 10.2. The maximum atomic E-state index is 8.85. The van der Waals surface area contributed by atoms with Crippen molar-refractivity contribution in [3.05, 3.63) is 52.7 Å². The first-order valence-electron chi connectivity index (χ1n) is 5.55. The number of hydrogen-bond acceptors (Lipinski definition) is 4. The molecule has 0 radical (unpaired) electrons. The van der Waals surface area contributed by atoms with E-state index in [2.05, 4.69) is 4.98 Å². The number of methoxy groups -OCH3 is 1. The van der Waals surface area contributed by atoms with Gasteiger partial charge in [0.05, 0.1) is 12.7 Å². The Hall–Kier alpha value is -2.25. The lowest BCUT2D eigenvalue weighted by Crippen LogP contribution is -1.98. The van der Waals surface area contributed by atoms with Crippen LogP contribution in [0, 0.1) is 11.3 Å². The molecule has 0 N–H and O–H groups in total. The number of rotatable bonds is 4. The van der Waals surface area contributed by atoms with Crippen molar-refractivity contribution in [3.63, 3.8) is 0 Å². The second kappa shape index (κ2) is 6.07. The molecule has 0 fully saturated rings. The molecule has 19 heavy (non-hydrogen) atoms. The van der Waals surface area contributed by atoms with E-state index < -0.39 is 0 Å². The molecular weight excluding hydrogens is 264 g/mol. The van der Waals surface area contributed by atoms with Crippen LogP contribution in [-0.2, 0) is 6.61 Å². The van der Waals surface area contributed by atoms with Crippen LogP contribution in [0.1, 0.15) is 11.1 Å². The van der Waals surface area contributed by atoms with Crippen molar-refractivity contribution in [2.75, 3.05) is 7.11 Å². The summed E-state index contributed by atoms with van der Waals surface area (Å²) in [5.41, 5.74) is 1.31. The molecule has 1 aromatic heterocycles. The van der Waals surface area contributed by atoms with E-state index >= 15 is 0 Å². The van der Waals surface area contributed by atoms with Crippen LogP contribution in [-0.4, -0.2) is 12.1 Å². The van der Waals surface area contributed by atoms with Gasteiger partial charge in [-0.25, -0.2) is 4.98 Å². The van der Waals surface area contributed by atoms with Crippen LogP contribution in [0.4, 0.5) is 0 Å². The van der Waals surface area contributed by atoms with Gasteiger partial charge in [-0.3, -0.25) is 0 Å². The molecule has 0 saturated heterocycles. The third-order valence-electron chi connectivity index (χ3n) is 2.51. The van der Waals surface area contributed by atoms with Crippen molar-refractivity contribution in [1.82, 2.24) is 4.98 Å². The fourth-order valence-corrected chi connectivity index (χ4v) is 1.69. The fraction of sp³-hybridized carbons (Fsp3) is 0.143. The van der Waals surface area contributed by atoms with Crippen LogP contribution >= 0.6 is 11.6 Å². The Morgan fingerprint density at radius 3 is 2.63 bits per heavy atom. The molecule has 0 unspecified atom stereocenters. The van der Waals surface area contributed by atoms with Crippen LogP contribution in [0.2, 0.25) is 5.02 Å². The number of ether oxygens (including phenoxy) is 2. The zero-order valence-corrected chi connectivity index (χ0v) is 11.0. The normalized spacial score (nSPS) is 9.74. The Labute approximate surface area is 116 Å². The van der Waals surface area contributed by atoms with E-state index in [9.17, 15) is 0 Å². The summed E-state index contributed by atoms with van der Waals surface area (Å²) in [7, 11) is 1.61. The second-order valence-corrected chi connectivity index (χ2v) is 4.10. The summed E-state index contributed by atoms with van der Waals surface area (Å²) in [6, 6.07) is 11.0. The number of nitrogens with zero attached hydrogens (tertiary/aromatic N) is 2. The molecule has 5 heteroatoms. The van der Waals surface area contributed by atoms with Crippen molar-refractivity contribution < 1.29 is 9.47 Å². The number of halogens is 1. The van der Waals surface area contributed by atoms with Gasteiger partial charge in [-0.05, 0) is 23.8 Å². The molecule has 2 aromatic rings. The maximum Gasteiger partial charge on any atom is 0.234 e. The van der Waals surface area contributed by atoms with E-state index in [4.69, 9.17) is 26.3 Å². The Kier molecular flexibility index (Phi) is 4.22. The standard InChI is InChI=1S/C14H11ClN2O2/c1-18-12-4-2-10(3-5-12)9-19-14-13(15)11(8-16)6-7-17-14/h2-7H,9H2,1H3. The quantitative estimate of drug-likeness (QED) is 0.859. The predicted octanol–water partition coefficient (Wildman–Crippen LogP) is 3.19. The number of nitriles is 1. The van der Waals surface area contributed by atoms with Crippen LogP contribution in [0.25, 0.3) is 0 Å². The molecule has 0 spiro atoms. The van der Waals surface area contributed by atoms with Crippen LogP contribution in [0.15, 0.2) is 36.5 Å². The van der Waals surface area contributed by atoms with Crippen LogP contribution in [0.3, 0.4) is 0 Å². The van der Waals surface area contributed by atoms with Gasteiger partial charge >= 0.3 is 0 Å². The topological polar surface area (TPSA) is 55.1 Å². The highest BCUT2D eigenvalue weighted by atomic mass is 35.5. The molecule has 0 aliphatic carbocycles. The molecule has 0 atom stereocenters. The molecule has 0 bridgehead atoms. The number of pyridine rings is 1. The first-order valence-corrected chi connectivity index (χ1v) is 5.92. The van der Waals surface area contributed by atoms with E-state index in [1.165, 1.54) is 6.20 Å². The zero-order valence-electron chi connectivity index (χ0n) is 10.3. The SMILES string of the molecule is COc1ccc(COc2nccc(C#N)c2Cl)cc1. The van der Waals surface area contributed by atoms with E-state index in [0.29, 0.717) is 12.2 Å². The van der Waals surface area contributed by atoms with Crippen molar-refractivity contribution in [2.24, 2.45) is 0 Å². The van der Waals surface area contributed by atoms with E-state index in [1.54, 1.807) is 13.2 Å². The van der Waals surface area contributed by atoms with Gasteiger partial charge in [0.2, 0.25) is 5.88 Å². The summed E-state index contributed by atoms with van der Waals surface area (Å²) >= 11 is 5.99. The van der Waals surface area contributed by atoms with Crippen molar-refractivity contribution >= 4 is 11.6 Å². The number of aromatic nitrogens is 1. The van der Waals surface area contributed by atoms with Gasteiger partial charge in [0.15, 0.2) is 0 Å². The second-order valence-electron chi connectivity index (χ2n) is 3.73. The predicted molar refractivity (Wildman–Crippen MR) is 71.3 cm³/mol. The molecule has 0 aliphatic heterocycles. The smallest absolute Gasteiger partial charge is 0.234 e. The molecular formula is C14H11ClN2O2. The minimum Gasteiger partial charge on any atom is -0.497 e. The third kappa shape index (κ3) is 3.15. The van der Waals surface area contributed by atoms with E-state index in [0.717, 1.165) is 11.3 Å². The first kappa shape index (κ1) is 13.2. The minimum absolute atomic E-state index is 0.235. The average Bonchev–Trinajstić information content (AvgIpc) is 2.47. The third-order valence-corrected chi connectivity index (χ3v) is 2.88. The van der Waals surface area contributed by atoms with Gasteiger partial charge < -0.3 is 9.47 Å². The summed E-state index contributed by atoms with van der Waals surface area (Å²) in [5, 5.41) is 9.09. The van der Waals surface area contributed by atoms with Gasteiger partial charge in [0, 0.05) is 6.20 Å². The van der Waals surface area contributed by atoms with E-state index in [1.807, 2.05) is 30.3 Å². The Balaban J connectivity index is 2.08. The van der Waals surface area contributed by atoms with Gasteiger partial charge in [-0.15, -0.1) is 0 Å². The Morgan fingerprint density at radius 2 is 2.00 bits per heavy atom. The fourth-order valence-electron chi connectivity index (χ4n) is 1.48. The highest BCUT2D eigenvalue weighted by Crippen LogP contribution is 2.25. The lowest BCUT2D eigenvalue weighted by Gasteiger charge is -2.08. The molecule has 96 valence electrons. The van der Waals surface area contributed by atoms with Crippen molar-refractivity contribution in [1.29, 1.82) is 5.26 Å². The van der Waals surface area contributed by atoms with Crippen molar-refractivity contribution in [2.45, 2.75) is 6.61 Å². The summed E-state index contributed by atoms with van der Waals surface area (Å²) in [4.78, 5) is 4.01. The first-order chi connectivity index (χ1) is 9.24. The monoisotopic (exact) mass is 274 g/mol. The maximum absolute atomic E-state index is 8.85. The molecule has 0 aliphatic rings. The largest absolute Gasteiger partial charge is 0.497 e. The summed E-state index contributed by atoms with van der Waals surface area (Å²) in [6.45, 7) is 0.325. The van der Waals surface area contributed by atoms with Gasteiger partial charge in [0.25, 0.3) is 0 Å². The number of benzene rings is 1. The lowest BCUT2D eigenvalue weighted by molar-refractivity contribution is 0.294. The Morgan fingerprint density at radius 1 is 1.26 bits per heavy atom. The summed E-state index contributed by atoms with van der Waals surface area (Å²) in [6.07, 6.45) is 1.49. The van der Waals surface area contributed by atoms with E-state index in [-0.39, 0.29) is 10.9 Å². The van der Waals surface area contributed by atoms with Gasteiger partial charge in [0.1, 0.15) is 23.4 Å². The zero-order chi connectivity index (χ0) is 13.7. The highest BCUT2D eigenvalue weighted by Gasteiger charge is 2.08. The van der Waals surface area contributed by atoms with Crippen LogP contribution < -0.4 is 9.47 Å². The number of hydrogen-bond donors (Lipinski definition) is 0.